The van der Waals surface area contributed by atoms with Crippen LogP contribution in [0.15, 0.2) is 91.0 Å². The second-order valence-electron chi connectivity index (χ2n) is 8.88. The molecule has 0 saturated carbocycles. The summed E-state index contributed by atoms with van der Waals surface area (Å²) in [6.07, 6.45) is 9.37. The van der Waals surface area contributed by atoms with Gasteiger partial charge in [0.1, 0.15) is 6.61 Å². The molecule has 0 unspecified atom stereocenters. The van der Waals surface area contributed by atoms with Crippen LogP contribution in [0.2, 0.25) is 0 Å². The monoisotopic (exact) mass is 552 g/mol. The van der Waals surface area contributed by atoms with Gasteiger partial charge in [0.2, 0.25) is 0 Å². The molecule has 0 radical (unpaired) electrons. The summed E-state index contributed by atoms with van der Waals surface area (Å²) in [6, 6.07) is 26.3. The molecular weight excluding hydrogens is 520 g/mol. The molecular formula is C33H32N2O6. The number of carboxylic acid groups (broad SMARTS) is 2. The third kappa shape index (κ3) is 8.05. The van der Waals surface area contributed by atoms with Gasteiger partial charge >= 0.3 is 11.9 Å². The minimum atomic E-state index is -1.15. The smallest absolute Gasteiger partial charge is 0.336 e. The zero-order valence-electron chi connectivity index (χ0n) is 22.5. The number of amides is 1. The fraction of sp³-hybridized carbons (Fsp3) is 0.121. The first-order valence-electron chi connectivity index (χ1n) is 12.7. The van der Waals surface area contributed by atoms with Crippen LogP contribution in [0.4, 0.5) is 11.4 Å². The Labute approximate surface area is 240 Å². The number of carbonyl (C=O) groups is 3. The maximum Gasteiger partial charge on any atom is 0.336 e. The van der Waals surface area contributed by atoms with Gasteiger partial charge in [0.25, 0.3) is 5.91 Å². The first-order chi connectivity index (χ1) is 19.9. The Kier molecular flexibility index (Phi) is 10.8. The van der Waals surface area contributed by atoms with Gasteiger partial charge in [0.05, 0.1) is 22.4 Å². The Bertz CT molecular complexity index is 1550. The van der Waals surface area contributed by atoms with E-state index in [9.17, 15) is 24.6 Å². The van der Waals surface area contributed by atoms with Crippen LogP contribution in [0.3, 0.4) is 0 Å². The average Bonchev–Trinajstić information content (AvgIpc) is 3.00. The van der Waals surface area contributed by atoms with Crippen LogP contribution in [-0.2, 0) is 24.3 Å². The number of rotatable bonds is 11. The molecule has 0 atom stereocenters. The van der Waals surface area contributed by atoms with Crippen LogP contribution in [0, 0.1) is 12.8 Å². The Morgan fingerprint density at radius 2 is 1.34 bits per heavy atom. The van der Waals surface area contributed by atoms with Gasteiger partial charge in [0, 0.05) is 7.11 Å². The number of benzene rings is 4. The molecule has 0 fully saturated rings. The third-order valence-corrected chi connectivity index (χ3v) is 6.23. The summed E-state index contributed by atoms with van der Waals surface area (Å²) >= 11 is 0. The molecule has 4 aromatic rings. The lowest BCUT2D eigenvalue weighted by Crippen LogP contribution is -2.17. The first-order valence-corrected chi connectivity index (χ1v) is 12.7. The molecule has 0 saturated heterocycles. The van der Waals surface area contributed by atoms with E-state index in [-0.39, 0.29) is 24.7 Å². The number of aryl methyl sites for hydroxylation is 1. The van der Waals surface area contributed by atoms with Gasteiger partial charge in [-0.15, -0.1) is 12.8 Å². The summed E-state index contributed by atoms with van der Waals surface area (Å²) in [5, 5.41) is 21.5. The SMILES string of the molecule is C#C.CCc1cc(Cc2ccc(NOCc3ccccc3C(=O)O)cc2)ccc1NC(=O)c1ccccc1C(=O)O.[HH]. The Morgan fingerprint density at radius 1 is 0.756 bits per heavy atom. The number of hydrogen-bond acceptors (Lipinski definition) is 5. The van der Waals surface area contributed by atoms with Crippen molar-refractivity contribution in [2.75, 3.05) is 10.8 Å². The van der Waals surface area contributed by atoms with Crippen molar-refractivity contribution in [3.05, 3.63) is 130 Å². The highest BCUT2D eigenvalue weighted by Crippen LogP contribution is 2.23. The number of terminal acetylenes is 1. The van der Waals surface area contributed by atoms with E-state index in [0.29, 0.717) is 24.1 Å². The fourth-order valence-electron chi connectivity index (χ4n) is 4.21. The lowest BCUT2D eigenvalue weighted by Gasteiger charge is -2.13. The molecule has 210 valence electrons. The van der Waals surface area contributed by atoms with Crippen molar-refractivity contribution in [3.63, 3.8) is 0 Å². The molecule has 8 nitrogen and oxygen atoms in total. The van der Waals surface area contributed by atoms with E-state index in [0.717, 1.165) is 22.4 Å². The summed E-state index contributed by atoms with van der Waals surface area (Å²) in [6.45, 7) is 2.10. The van der Waals surface area contributed by atoms with E-state index >= 15 is 0 Å². The van der Waals surface area contributed by atoms with E-state index in [1.807, 2.05) is 49.4 Å². The summed E-state index contributed by atoms with van der Waals surface area (Å²) in [5.74, 6) is -2.61. The van der Waals surface area contributed by atoms with Gasteiger partial charge in [-0.2, -0.15) is 0 Å². The van der Waals surface area contributed by atoms with Gasteiger partial charge in [-0.3, -0.25) is 15.1 Å². The van der Waals surface area contributed by atoms with E-state index < -0.39 is 17.8 Å². The molecule has 0 heterocycles. The predicted octanol–water partition coefficient (Wildman–Crippen LogP) is 6.53. The molecule has 0 aliphatic heterocycles. The molecule has 0 spiro atoms. The Morgan fingerprint density at radius 3 is 1.98 bits per heavy atom. The van der Waals surface area contributed by atoms with Crippen molar-refractivity contribution in [2.45, 2.75) is 26.4 Å². The van der Waals surface area contributed by atoms with E-state index in [1.165, 1.54) is 12.1 Å². The number of carboxylic acids is 2. The number of nitrogens with one attached hydrogen (secondary N) is 2. The van der Waals surface area contributed by atoms with Gasteiger partial charge in [0.15, 0.2) is 0 Å². The van der Waals surface area contributed by atoms with Gasteiger partial charge in [-0.25, -0.2) is 9.59 Å². The van der Waals surface area contributed by atoms with Crippen molar-refractivity contribution in [1.82, 2.24) is 0 Å². The Balaban J connectivity index is 0.00000201. The van der Waals surface area contributed by atoms with Crippen LogP contribution in [0.1, 0.15) is 61.7 Å². The van der Waals surface area contributed by atoms with Crippen molar-refractivity contribution < 1.29 is 30.9 Å². The van der Waals surface area contributed by atoms with Crippen LogP contribution < -0.4 is 10.8 Å². The summed E-state index contributed by atoms with van der Waals surface area (Å²) < 4.78 is 0. The van der Waals surface area contributed by atoms with Crippen molar-refractivity contribution in [2.24, 2.45) is 0 Å². The minimum Gasteiger partial charge on any atom is -0.478 e. The molecule has 0 aromatic heterocycles. The topological polar surface area (TPSA) is 125 Å². The maximum atomic E-state index is 12.8. The average molecular weight is 553 g/mol. The van der Waals surface area contributed by atoms with Crippen molar-refractivity contribution in [3.8, 4) is 12.8 Å². The third-order valence-electron chi connectivity index (χ3n) is 6.23. The molecule has 0 bridgehead atoms. The molecule has 4 aromatic carbocycles. The highest BCUT2D eigenvalue weighted by molar-refractivity contribution is 6.10. The van der Waals surface area contributed by atoms with Crippen molar-refractivity contribution >= 4 is 29.2 Å². The summed E-state index contributed by atoms with van der Waals surface area (Å²) in [7, 11) is 0. The van der Waals surface area contributed by atoms with Crippen LogP contribution in [-0.4, -0.2) is 28.1 Å². The standard InChI is InChI=1S/C31H28N2O6.C2H2.H2/c1-2-22-18-21(13-16-28(22)32-29(34)26-9-5-6-10-27(26)31(37)38)17-20-11-14-24(15-12-20)33-39-19-23-7-3-4-8-25(23)30(35)36;1-2;/h3-16,18,33H,2,17,19H2,1H3,(H,32,34)(H,35,36)(H,37,38);1-2H;1H. The number of carbonyl (C=O) groups excluding carboxylic acids is 1. The molecule has 0 aliphatic rings. The minimum absolute atomic E-state index is 0. The summed E-state index contributed by atoms with van der Waals surface area (Å²) in [5.41, 5.74) is 8.17. The number of hydrogen-bond donors (Lipinski definition) is 4. The molecule has 4 rings (SSSR count). The van der Waals surface area contributed by atoms with Crippen LogP contribution in [0.5, 0.6) is 0 Å². The largest absolute Gasteiger partial charge is 0.478 e. The van der Waals surface area contributed by atoms with Crippen LogP contribution >= 0.6 is 0 Å². The lowest BCUT2D eigenvalue weighted by atomic mass is 10.00. The first kappa shape index (κ1) is 30.2. The normalized spacial score (nSPS) is 10.1. The number of aromatic carboxylic acids is 2. The van der Waals surface area contributed by atoms with E-state index in [4.69, 9.17) is 4.84 Å². The number of anilines is 2. The maximum absolute atomic E-state index is 12.8. The summed E-state index contributed by atoms with van der Waals surface area (Å²) in [4.78, 5) is 41.1. The van der Waals surface area contributed by atoms with Gasteiger partial charge in [-0.1, -0.05) is 61.5 Å². The van der Waals surface area contributed by atoms with Crippen LogP contribution in [0.25, 0.3) is 0 Å². The second-order valence-corrected chi connectivity index (χ2v) is 8.88. The Hall–Kier alpha value is -5.39. The highest BCUT2D eigenvalue weighted by Gasteiger charge is 2.17. The van der Waals surface area contributed by atoms with Gasteiger partial charge in [-0.05, 0) is 71.5 Å². The molecule has 1 amide bonds. The quantitative estimate of drug-likeness (QED) is 0.123. The molecule has 41 heavy (non-hydrogen) atoms. The zero-order chi connectivity index (χ0) is 29.8. The molecule has 0 aliphatic carbocycles. The second kappa shape index (κ2) is 14.7. The molecule has 8 heteroatoms. The zero-order valence-corrected chi connectivity index (χ0v) is 22.5. The predicted molar refractivity (Wildman–Crippen MR) is 160 cm³/mol. The van der Waals surface area contributed by atoms with E-state index in [2.05, 4.69) is 23.6 Å². The van der Waals surface area contributed by atoms with Crippen molar-refractivity contribution in [1.29, 1.82) is 0 Å². The lowest BCUT2D eigenvalue weighted by molar-refractivity contribution is 0.0682. The van der Waals surface area contributed by atoms with E-state index in [1.54, 1.807) is 36.4 Å². The van der Waals surface area contributed by atoms with Gasteiger partial charge < -0.3 is 15.5 Å². The molecule has 4 N–H and O–H groups in total. The fourth-order valence-corrected chi connectivity index (χ4v) is 4.21. The highest BCUT2D eigenvalue weighted by atomic mass is 16.6.